The molecule has 1 unspecified atom stereocenters. The number of ether oxygens (including phenoxy) is 1. The van der Waals surface area contributed by atoms with Gasteiger partial charge in [0, 0.05) is 122 Å². The van der Waals surface area contributed by atoms with E-state index in [1.165, 1.54) is 19.3 Å². The quantitative estimate of drug-likeness (QED) is 0.316. The number of piperidine rings is 1. The van der Waals surface area contributed by atoms with Crippen LogP contribution in [0.1, 0.15) is 73.5 Å². The lowest BCUT2D eigenvalue weighted by atomic mass is 9.56. The summed E-state index contributed by atoms with van der Waals surface area (Å²) in [6, 6.07) is 8.86. The number of pyridine rings is 1. The summed E-state index contributed by atoms with van der Waals surface area (Å²) in [4.78, 5) is 46.1. The number of fused-ring (bicyclic) bond motifs is 1. The highest BCUT2D eigenvalue weighted by atomic mass is 16.5. The fraction of sp³-hybridized carbons (Fsp3) is 0.450. The van der Waals surface area contributed by atoms with Crippen molar-refractivity contribution >= 4 is 45.9 Å². The molecule has 51 heavy (non-hydrogen) atoms. The van der Waals surface area contributed by atoms with Gasteiger partial charge in [0.15, 0.2) is 6.29 Å². The van der Waals surface area contributed by atoms with Crippen LogP contribution in [0.3, 0.4) is 0 Å². The van der Waals surface area contributed by atoms with Gasteiger partial charge in [0.25, 0.3) is 0 Å². The summed E-state index contributed by atoms with van der Waals surface area (Å²) in [6.07, 6.45) is 19.8. The van der Waals surface area contributed by atoms with Crippen molar-refractivity contribution in [1.29, 1.82) is 0 Å². The maximum atomic E-state index is 12.4. The Morgan fingerprint density at radius 2 is 1.92 bits per heavy atom. The van der Waals surface area contributed by atoms with Crippen LogP contribution in [0.25, 0.3) is 22.0 Å². The number of aromatic nitrogens is 3. The standard InChI is InChI=1S/C40H46N8O3/c1-26(50)47-12-9-36(46-32-10-13-51-14-11-32)35(22-47)38(41)33-4-2-3-29-15-37(43-21-34(29)33)30-6-8-31(42-20-30)7-5-27-16-40(17-27)24-48(25-40)39-44-18-28(23-49)19-45-39/h2-4,6,8,15,18-21,23,27,31-32,42H,5,7,9-14,16-17,22,24-25,41H2,1H3/b38-35-,46-36?. The van der Waals surface area contributed by atoms with Crippen LogP contribution < -0.4 is 16.0 Å². The Balaban J connectivity index is 0.896. The summed E-state index contributed by atoms with van der Waals surface area (Å²) in [7, 11) is 0. The maximum absolute atomic E-state index is 12.4. The lowest BCUT2D eigenvalue weighted by Gasteiger charge is -2.59. The molecule has 5 aliphatic rings. The number of benzene rings is 1. The number of hydrogen-bond acceptors (Lipinski definition) is 10. The van der Waals surface area contributed by atoms with E-state index in [2.05, 4.69) is 50.7 Å². The molecule has 1 saturated carbocycles. The summed E-state index contributed by atoms with van der Waals surface area (Å²) in [5, 5.41) is 5.66. The first-order chi connectivity index (χ1) is 24.9. The Bertz CT molecular complexity index is 1930. The summed E-state index contributed by atoms with van der Waals surface area (Å²) < 4.78 is 5.56. The van der Waals surface area contributed by atoms with E-state index >= 15 is 0 Å². The van der Waals surface area contributed by atoms with E-state index in [-0.39, 0.29) is 11.9 Å². The van der Waals surface area contributed by atoms with E-state index in [1.807, 2.05) is 23.2 Å². The fourth-order valence-corrected chi connectivity index (χ4v) is 8.53. The normalized spacial score (nSPS) is 23.8. The Kier molecular flexibility index (Phi) is 9.14. The highest BCUT2D eigenvalue weighted by Gasteiger charge is 2.52. The van der Waals surface area contributed by atoms with E-state index in [9.17, 15) is 9.59 Å². The average molecular weight is 687 g/mol. The molecule has 0 radical (unpaired) electrons. The fourth-order valence-electron chi connectivity index (χ4n) is 8.53. The highest BCUT2D eigenvalue weighted by molar-refractivity contribution is 6.10. The van der Waals surface area contributed by atoms with E-state index in [4.69, 9.17) is 20.4 Å². The van der Waals surface area contributed by atoms with Crippen LogP contribution in [0, 0.1) is 11.3 Å². The van der Waals surface area contributed by atoms with Crippen molar-refractivity contribution in [3.8, 4) is 0 Å². The summed E-state index contributed by atoms with van der Waals surface area (Å²) in [5.41, 5.74) is 13.4. The third kappa shape index (κ3) is 6.91. The molecule has 1 atom stereocenters. The first kappa shape index (κ1) is 33.3. The lowest BCUT2D eigenvalue weighted by molar-refractivity contribution is -0.128. The van der Waals surface area contributed by atoms with E-state index in [1.54, 1.807) is 19.3 Å². The van der Waals surface area contributed by atoms with Gasteiger partial charge in [0.1, 0.15) is 0 Å². The topological polar surface area (TPSA) is 139 Å². The Labute approximate surface area is 298 Å². The van der Waals surface area contributed by atoms with Gasteiger partial charge in [0.05, 0.1) is 17.3 Å². The highest BCUT2D eigenvalue weighted by Crippen LogP contribution is 2.54. The largest absolute Gasteiger partial charge is 0.398 e. The van der Waals surface area contributed by atoms with Gasteiger partial charge >= 0.3 is 0 Å². The van der Waals surface area contributed by atoms with Crippen LogP contribution in [0.15, 0.2) is 71.8 Å². The Morgan fingerprint density at radius 3 is 2.65 bits per heavy atom. The van der Waals surface area contributed by atoms with E-state index in [0.29, 0.717) is 42.2 Å². The number of anilines is 1. The predicted molar refractivity (Wildman–Crippen MR) is 199 cm³/mol. The molecule has 6 heterocycles. The number of hydrogen-bond donors (Lipinski definition) is 2. The monoisotopic (exact) mass is 686 g/mol. The predicted octanol–water partition coefficient (Wildman–Crippen LogP) is 4.95. The van der Waals surface area contributed by atoms with Gasteiger partial charge in [0.2, 0.25) is 11.9 Å². The molecule has 8 rings (SSSR count). The van der Waals surface area contributed by atoms with Crippen molar-refractivity contribution in [1.82, 2.24) is 25.2 Å². The minimum absolute atomic E-state index is 0.0491. The number of allylic oxidation sites excluding steroid dienone is 2. The second kappa shape index (κ2) is 14.0. The molecule has 4 aliphatic heterocycles. The van der Waals surface area contributed by atoms with Gasteiger partial charge in [-0.3, -0.25) is 19.6 Å². The Hall–Kier alpha value is -4.90. The van der Waals surface area contributed by atoms with Gasteiger partial charge in [-0.05, 0) is 55.9 Å². The van der Waals surface area contributed by atoms with E-state index < -0.39 is 0 Å². The van der Waals surface area contributed by atoms with Crippen molar-refractivity contribution in [2.45, 2.75) is 64.0 Å². The summed E-state index contributed by atoms with van der Waals surface area (Å²) in [6.45, 7) is 6.21. The summed E-state index contributed by atoms with van der Waals surface area (Å²) >= 11 is 0. The molecule has 3 N–H and O–H groups in total. The zero-order chi connectivity index (χ0) is 35.0. The minimum atomic E-state index is 0.0491. The van der Waals surface area contributed by atoms with Crippen LogP contribution >= 0.6 is 0 Å². The lowest BCUT2D eigenvalue weighted by Crippen LogP contribution is -2.62. The molecule has 2 aromatic heterocycles. The Morgan fingerprint density at radius 1 is 1.12 bits per heavy atom. The van der Waals surface area contributed by atoms with E-state index in [0.717, 1.165) is 103 Å². The third-order valence-electron chi connectivity index (χ3n) is 11.4. The number of dihydropyridines is 1. The molecule has 1 aliphatic carbocycles. The second-order valence-corrected chi connectivity index (χ2v) is 15.0. The molecule has 1 spiro atoms. The van der Waals surface area contributed by atoms with Crippen LogP contribution in [0.4, 0.5) is 5.95 Å². The van der Waals surface area contributed by atoms with Crippen LogP contribution in [-0.4, -0.2) is 89.2 Å². The molecule has 264 valence electrons. The number of aldehydes is 1. The van der Waals surface area contributed by atoms with Gasteiger partial charge in [-0.15, -0.1) is 0 Å². The molecule has 1 amide bonds. The molecule has 3 aromatic rings. The first-order valence-electron chi connectivity index (χ1n) is 18.3. The number of rotatable bonds is 8. The SMILES string of the molecule is CC(=O)N1CCC(=NC2CCOCC2)/C(=C(\N)c2cccc3cc(C4=CNC(CCC5CC6(C5)CN(c5ncc(C=O)cn5)C6)C=C4)ncc23)C1. The van der Waals surface area contributed by atoms with Gasteiger partial charge < -0.3 is 25.6 Å². The first-order valence-corrected chi connectivity index (χ1v) is 18.3. The number of nitrogens with two attached hydrogens (primary N) is 1. The second-order valence-electron chi connectivity index (χ2n) is 15.0. The van der Waals surface area contributed by atoms with Crippen molar-refractivity contribution < 1.29 is 14.3 Å². The molecule has 1 aromatic carbocycles. The van der Waals surface area contributed by atoms with Crippen LogP contribution in [-0.2, 0) is 9.53 Å². The van der Waals surface area contributed by atoms with Crippen molar-refractivity contribution in [3.63, 3.8) is 0 Å². The molecular weight excluding hydrogens is 640 g/mol. The van der Waals surface area contributed by atoms with Gasteiger partial charge in [-0.2, -0.15) is 0 Å². The number of nitrogens with zero attached hydrogens (tertiary/aromatic N) is 6. The third-order valence-corrected chi connectivity index (χ3v) is 11.4. The number of aliphatic imine (C=N–C) groups is 1. The number of amides is 1. The van der Waals surface area contributed by atoms with Crippen LogP contribution in [0.5, 0.6) is 0 Å². The molecule has 11 heteroatoms. The number of likely N-dealkylation sites (tertiary alicyclic amines) is 1. The van der Waals surface area contributed by atoms with Gasteiger partial charge in [-0.1, -0.05) is 30.4 Å². The smallest absolute Gasteiger partial charge is 0.225 e. The van der Waals surface area contributed by atoms with Crippen molar-refractivity contribution in [3.05, 3.63) is 83.6 Å². The molecule has 3 saturated heterocycles. The minimum Gasteiger partial charge on any atom is -0.398 e. The molecule has 0 bridgehead atoms. The molecular formula is C40H46N8O3. The number of carbonyl (C=O) groups is 2. The summed E-state index contributed by atoms with van der Waals surface area (Å²) in [5.74, 6) is 1.53. The number of carbonyl (C=O) groups excluding carboxylic acids is 2. The zero-order valence-corrected chi connectivity index (χ0v) is 29.3. The maximum Gasteiger partial charge on any atom is 0.225 e. The molecule has 4 fully saturated rings. The number of nitrogens with one attached hydrogen (secondary N) is 1. The average Bonchev–Trinajstić information content (AvgIpc) is 3.13. The molecule has 11 nitrogen and oxygen atoms in total. The van der Waals surface area contributed by atoms with Crippen molar-refractivity contribution in [2.24, 2.45) is 22.1 Å². The van der Waals surface area contributed by atoms with Gasteiger partial charge in [-0.25, -0.2) is 9.97 Å². The van der Waals surface area contributed by atoms with Crippen LogP contribution in [0.2, 0.25) is 0 Å². The van der Waals surface area contributed by atoms with Crippen molar-refractivity contribution in [2.75, 3.05) is 44.3 Å². The zero-order valence-electron chi connectivity index (χ0n) is 29.3.